The van der Waals surface area contributed by atoms with Crippen LogP contribution in [0.1, 0.15) is 28.4 Å². The van der Waals surface area contributed by atoms with Crippen molar-refractivity contribution in [3.63, 3.8) is 0 Å². The molecule has 0 aliphatic heterocycles. The Morgan fingerprint density at radius 3 is 2.14 bits per heavy atom. The van der Waals surface area contributed by atoms with Gasteiger partial charge in [-0.1, -0.05) is 6.92 Å². The third-order valence-corrected chi connectivity index (χ3v) is 2.60. The van der Waals surface area contributed by atoms with Crippen LogP contribution in [0.15, 0.2) is 36.4 Å². The first-order chi connectivity index (χ1) is 8.72. The molecule has 2 aromatic rings. The molecule has 1 nitrogen and oxygen atoms in total. The molecule has 0 bridgehead atoms. The minimum absolute atomic E-state index is 0. The van der Waals surface area contributed by atoms with Crippen molar-refractivity contribution in [3.8, 4) is 0 Å². The van der Waals surface area contributed by atoms with Gasteiger partial charge >= 0.3 is 0 Å². The Kier molecular flexibility index (Phi) is 13.1. The smallest absolute Gasteiger partial charge is 0 e. The predicted molar refractivity (Wildman–Crippen MR) is 70.8 cm³/mol. The van der Waals surface area contributed by atoms with E-state index in [-0.39, 0.29) is 78.1 Å². The molecule has 0 aliphatic carbocycles. The van der Waals surface area contributed by atoms with E-state index in [0.717, 1.165) is 11.1 Å². The van der Waals surface area contributed by atoms with E-state index < -0.39 is 0 Å². The van der Waals surface area contributed by atoms with Gasteiger partial charge in [-0.3, -0.25) is 12.1 Å². The summed E-state index contributed by atoms with van der Waals surface area (Å²) in [5, 5.41) is 0. The van der Waals surface area contributed by atoms with Gasteiger partial charge in [0.15, 0.2) is 0 Å². The number of ketones is 1. The molecule has 0 N–H and O–H groups in total. The number of benzene rings is 2. The summed E-state index contributed by atoms with van der Waals surface area (Å²) in [7, 11) is 0. The average Bonchev–Trinajstić information content (AvgIpc) is 2.41. The normalized spacial score (nSPS) is 9.71. The Morgan fingerprint density at radius 1 is 1.14 bits per heavy atom. The van der Waals surface area contributed by atoms with Gasteiger partial charge in [0, 0.05) is 72.3 Å². The molecule has 0 saturated heterocycles. The van der Waals surface area contributed by atoms with Crippen molar-refractivity contribution in [2.75, 3.05) is 0 Å². The summed E-state index contributed by atoms with van der Waals surface area (Å²) in [4.78, 5) is 12.3. The van der Waals surface area contributed by atoms with Gasteiger partial charge in [-0.2, -0.15) is 23.8 Å². The Morgan fingerprint density at radius 2 is 1.67 bits per heavy atom. The maximum absolute atomic E-state index is 12.3. The molecule has 0 aromatic heterocycles. The number of aryl methyl sites for hydroxylation is 1. The number of carbonyl (C=O) groups is 1. The van der Waals surface area contributed by atoms with Crippen molar-refractivity contribution in [2.24, 2.45) is 0 Å². The fourth-order valence-electron chi connectivity index (χ4n) is 1.65. The third-order valence-electron chi connectivity index (χ3n) is 2.60. The minimum atomic E-state index is -0.108. The molecule has 2 aromatic carbocycles. The van der Waals surface area contributed by atoms with Crippen LogP contribution in [-0.4, -0.2) is 5.78 Å². The van der Waals surface area contributed by atoms with Crippen LogP contribution in [0.25, 0.3) is 5.57 Å². The van der Waals surface area contributed by atoms with Crippen LogP contribution in [0.5, 0.6) is 0 Å². The van der Waals surface area contributed by atoms with Gasteiger partial charge in [0.05, 0.1) is 0 Å². The Labute approximate surface area is 178 Å². The molecular weight excluding hydrogens is 544 g/mol. The van der Waals surface area contributed by atoms with E-state index in [4.69, 9.17) is 0 Å². The SMILES string of the molecule is C[C-]=C(C(=O)c1[c-]cc(C)c[c-]1)c1cc[c-]cc1.[V].[W].[Y]. The minimum Gasteiger partial charge on any atom is -0.405 e. The van der Waals surface area contributed by atoms with Gasteiger partial charge in [-0.05, 0) is 5.78 Å². The summed E-state index contributed by atoms with van der Waals surface area (Å²) < 4.78 is 0. The average molecular weight is 556 g/mol. The van der Waals surface area contributed by atoms with Crippen LogP contribution in [0.3, 0.4) is 0 Å². The van der Waals surface area contributed by atoms with E-state index in [2.05, 4.69) is 24.3 Å². The molecule has 0 amide bonds. The fraction of sp³-hybridized carbons (Fsp3) is 0.118. The molecular formula is C17H12OVWY-4. The topological polar surface area (TPSA) is 17.1 Å². The fourth-order valence-corrected chi connectivity index (χ4v) is 1.65. The van der Waals surface area contributed by atoms with Gasteiger partial charge < -0.3 is 4.79 Å². The summed E-state index contributed by atoms with van der Waals surface area (Å²) in [6, 6.07) is 19.7. The summed E-state index contributed by atoms with van der Waals surface area (Å²) in [6.45, 7) is 3.68. The van der Waals surface area contributed by atoms with E-state index in [0.29, 0.717) is 11.1 Å². The van der Waals surface area contributed by atoms with Crippen molar-refractivity contribution in [3.05, 3.63) is 77.4 Å². The second-order valence-corrected chi connectivity index (χ2v) is 3.94. The quantitative estimate of drug-likeness (QED) is 0.322. The van der Waals surface area contributed by atoms with Crippen LogP contribution in [-0.2, 0) is 72.3 Å². The van der Waals surface area contributed by atoms with E-state index >= 15 is 0 Å². The van der Waals surface area contributed by atoms with Gasteiger partial charge in [0.2, 0.25) is 0 Å². The van der Waals surface area contributed by atoms with Crippen LogP contribution in [0.4, 0.5) is 0 Å². The number of hydrogen-bond acceptors (Lipinski definition) is 1. The van der Waals surface area contributed by atoms with Crippen molar-refractivity contribution in [2.45, 2.75) is 13.8 Å². The molecule has 2 rings (SSSR count). The molecule has 0 heterocycles. The molecule has 4 heteroatoms. The maximum Gasteiger partial charge on any atom is 0 e. The predicted octanol–water partition coefficient (Wildman–Crippen LogP) is 3.48. The Bertz CT molecular complexity index is 579. The number of rotatable bonds is 3. The largest absolute Gasteiger partial charge is 0.405 e. The standard InChI is InChI=1S/C17H12O.V.W.Y/c1-3-16(14-7-5-4-6-8-14)17(18)15-11-9-13(2)10-12-15;;;/h5-10H,1-2H3;;;/q-4;;;. The number of hydrogen-bond donors (Lipinski definition) is 0. The van der Waals surface area contributed by atoms with Gasteiger partial charge in [-0.15, -0.1) is 6.92 Å². The molecule has 0 unspecified atom stereocenters. The molecule has 2 radical (unpaired) electrons. The molecule has 0 spiro atoms. The maximum atomic E-state index is 12.3. The van der Waals surface area contributed by atoms with E-state index in [1.54, 1.807) is 31.2 Å². The zero-order chi connectivity index (χ0) is 13.0. The first kappa shape index (κ1) is 23.5. The van der Waals surface area contributed by atoms with Gasteiger partial charge in [0.25, 0.3) is 0 Å². The Hall–Kier alpha value is 0.227. The summed E-state index contributed by atoms with van der Waals surface area (Å²) in [6.07, 6.45) is 2.94. The number of allylic oxidation sites excluding steroid dienone is 2. The summed E-state index contributed by atoms with van der Waals surface area (Å²) in [5.74, 6) is -0.108. The first-order valence-corrected chi connectivity index (χ1v) is 5.68. The first-order valence-electron chi connectivity index (χ1n) is 5.68. The van der Waals surface area contributed by atoms with Crippen LogP contribution < -0.4 is 0 Å². The summed E-state index contributed by atoms with van der Waals surface area (Å²) >= 11 is 0. The van der Waals surface area contributed by atoms with E-state index in [1.165, 1.54) is 0 Å². The third kappa shape index (κ3) is 6.47. The van der Waals surface area contributed by atoms with Crippen molar-refractivity contribution in [1.82, 2.24) is 0 Å². The van der Waals surface area contributed by atoms with E-state index in [9.17, 15) is 4.79 Å². The Balaban J connectivity index is 0. The number of carbonyl (C=O) groups excluding carboxylic acids is 1. The second kappa shape index (κ2) is 11.7. The number of Topliss-reactive ketones (excluding diaryl/α,β-unsaturated/α-hetero) is 1. The second-order valence-electron chi connectivity index (χ2n) is 3.94. The van der Waals surface area contributed by atoms with Gasteiger partial charge in [-0.25, -0.2) is 47.0 Å². The van der Waals surface area contributed by atoms with Crippen molar-refractivity contribution < 1.29 is 77.1 Å². The van der Waals surface area contributed by atoms with Crippen LogP contribution >= 0.6 is 0 Å². The molecule has 0 saturated carbocycles. The summed E-state index contributed by atoms with van der Waals surface area (Å²) in [5.41, 5.74) is 2.86. The molecule has 0 fully saturated rings. The molecule has 104 valence electrons. The molecule has 0 atom stereocenters. The zero-order valence-electron chi connectivity index (χ0n) is 11.8. The molecule has 21 heavy (non-hydrogen) atoms. The van der Waals surface area contributed by atoms with Crippen molar-refractivity contribution >= 4 is 11.4 Å². The van der Waals surface area contributed by atoms with Crippen molar-refractivity contribution in [1.29, 1.82) is 0 Å². The monoisotopic (exact) mass is 556 g/mol. The van der Waals surface area contributed by atoms with Crippen LogP contribution in [0, 0.1) is 31.2 Å². The van der Waals surface area contributed by atoms with Gasteiger partial charge in [0.1, 0.15) is 0 Å². The van der Waals surface area contributed by atoms with Crippen LogP contribution in [0.2, 0.25) is 0 Å². The van der Waals surface area contributed by atoms with E-state index in [1.807, 2.05) is 19.1 Å². The molecule has 0 aliphatic rings. The zero-order valence-corrected chi connectivity index (χ0v) is 19.0.